The van der Waals surface area contributed by atoms with Gasteiger partial charge >= 0.3 is 0 Å². The van der Waals surface area contributed by atoms with Gasteiger partial charge in [-0.05, 0) is 12.1 Å². The zero-order chi connectivity index (χ0) is 11.1. The standard InChI is InChI=1S/C10H13ClN2O2/c1-15-7-9(5-11)13-10(14)8-3-2-4-12-6-8/h2-4,6,9H,5,7H2,1H3,(H,13,14). The van der Waals surface area contributed by atoms with Crippen LogP contribution in [0.3, 0.4) is 0 Å². The Morgan fingerprint density at radius 3 is 3.07 bits per heavy atom. The molecule has 1 N–H and O–H groups in total. The highest BCUT2D eigenvalue weighted by Gasteiger charge is 2.12. The summed E-state index contributed by atoms with van der Waals surface area (Å²) in [5, 5.41) is 2.75. The summed E-state index contributed by atoms with van der Waals surface area (Å²) < 4.78 is 4.92. The fourth-order valence-electron chi connectivity index (χ4n) is 1.09. The van der Waals surface area contributed by atoms with Crippen molar-refractivity contribution in [3.05, 3.63) is 30.1 Å². The molecule has 4 nitrogen and oxygen atoms in total. The monoisotopic (exact) mass is 228 g/mol. The van der Waals surface area contributed by atoms with Gasteiger partial charge in [-0.15, -0.1) is 11.6 Å². The Balaban J connectivity index is 2.55. The molecule has 5 heteroatoms. The van der Waals surface area contributed by atoms with E-state index in [0.29, 0.717) is 18.1 Å². The lowest BCUT2D eigenvalue weighted by Gasteiger charge is -2.14. The fourth-order valence-corrected chi connectivity index (χ4v) is 1.26. The third-order valence-electron chi connectivity index (χ3n) is 1.81. The number of pyridine rings is 1. The van der Waals surface area contributed by atoms with Crippen LogP contribution in [0.25, 0.3) is 0 Å². The molecule has 1 atom stereocenters. The van der Waals surface area contributed by atoms with Gasteiger partial charge in [-0.3, -0.25) is 9.78 Å². The van der Waals surface area contributed by atoms with Gasteiger partial charge in [0, 0.05) is 25.4 Å². The van der Waals surface area contributed by atoms with E-state index < -0.39 is 0 Å². The molecule has 0 aliphatic carbocycles. The molecule has 82 valence electrons. The number of halogens is 1. The second kappa shape index (κ2) is 6.37. The molecule has 1 aromatic heterocycles. The van der Waals surface area contributed by atoms with E-state index in [1.165, 1.54) is 6.20 Å². The van der Waals surface area contributed by atoms with Crippen molar-refractivity contribution < 1.29 is 9.53 Å². The molecular weight excluding hydrogens is 216 g/mol. The Kier molecular flexibility index (Phi) is 5.07. The molecule has 0 aliphatic heterocycles. The third kappa shape index (κ3) is 3.85. The largest absolute Gasteiger partial charge is 0.383 e. The molecule has 0 saturated carbocycles. The van der Waals surface area contributed by atoms with Gasteiger partial charge in [0.1, 0.15) is 0 Å². The Morgan fingerprint density at radius 1 is 1.73 bits per heavy atom. The predicted molar refractivity (Wildman–Crippen MR) is 58.1 cm³/mol. The Bertz CT molecular complexity index is 306. The van der Waals surface area contributed by atoms with E-state index in [1.54, 1.807) is 25.4 Å². The van der Waals surface area contributed by atoms with Crippen LogP contribution in [-0.2, 0) is 4.74 Å². The zero-order valence-corrected chi connectivity index (χ0v) is 9.20. The van der Waals surface area contributed by atoms with Gasteiger partial charge in [-0.1, -0.05) is 0 Å². The highest BCUT2D eigenvalue weighted by atomic mass is 35.5. The van der Waals surface area contributed by atoms with Gasteiger partial charge in [0.15, 0.2) is 0 Å². The summed E-state index contributed by atoms with van der Waals surface area (Å²) in [6.07, 6.45) is 3.12. The highest BCUT2D eigenvalue weighted by molar-refractivity contribution is 6.18. The van der Waals surface area contributed by atoms with Crippen LogP contribution >= 0.6 is 11.6 Å². The SMILES string of the molecule is COCC(CCl)NC(=O)c1cccnc1. The predicted octanol–water partition coefficient (Wildman–Crippen LogP) is 1.07. The molecule has 1 aromatic rings. The number of nitrogens with zero attached hydrogens (tertiary/aromatic N) is 1. The topological polar surface area (TPSA) is 51.2 Å². The molecule has 0 aromatic carbocycles. The van der Waals surface area contributed by atoms with Gasteiger partial charge in [0.2, 0.25) is 0 Å². The number of amides is 1. The summed E-state index contributed by atoms with van der Waals surface area (Å²) in [5.74, 6) is 0.130. The lowest BCUT2D eigenvalue weighted by Crippen LogP contribution is -2.39. The maximum absolute atomic E-state index is 11.6. The molecule has 0 bridgehead atoms. The average Bonchev–Trinajstić information content (AvgIpc) is 2.29. The average molecular weight is 229 g/mol. The number of aromatic nitrogens is 1. The second-order valence-electron chi connectivity index (χ2n) is 3.02. The first-order valence-corrected chi connectivity index (χ1v) is 5.07. The minimum absolute atomic E-state index is 0.177. The van der Waals surface area contributed by atoms with Crippen LogP contribution in [0, 0.1) is 0 Å². The van der Waals surface area contributed by atoms with Crippen LogP contribution in [-0.4, -0.2) is 36.5 Å². The van der Waals surface area contributed by atoms with Crippen molar-refractivity contribution >= 4 is 17.5 Å². The van der Waals surface area contributed by atoms with E-state index in [4.69, 9.17) is 16.3 Å². The number of nitrogens with one attached hydrogen (secondary N) is 1. The molecule has 0 aliphatic rings. The molecule has 15 heavy (non-hydrogen) atoms. The zero-order valence-electron chi connectivity index (χ0n) is 8.44. The summed E-state index contributed by atoms with van der Waals surface area (Å²) in [4.78, 5) is 15.5. The number of carbonyl (C=O) groups is 1. The quantitative estimate of drug-likeness (QED) is 0.767. The minimum Gasteiger partial charge on any atom is -0.383 e. The van der Waals surface area contributed by atoms with Crippen molar-refractivity contribution in [2.75, 3.05) is 19.6 Å². The second-order valence-corrected chi connectivity index (χ2v) is 3.33. The van der Waals surface area contributed by atoms with Crippen molar-refractivity contribution in [2.45, 2.75) is 6.04 Å². The maximum atomic E-state index is 11.6. The number of hydrogen-bond acceptors (Lipinski definition) is 3. The number of ether oxygens (including phenoxy) is 1. The summed E-state index contributed by atoms with van der Waals surface area (Å²) in [6, 6.07) is 3.23. The third-order valence-corrected chi connectivity index (χ3v) is 2.19. The number of carbonyl (C=O) groups excluding carboxylic acids is 1. The van der Waals surface area contributed by atoms with Crippen molar-refractivity contribution in [3.63, 3.8) is 0 Å². The Labute approximate surface area is 93.6 Å². The summed E-state index contributed by atoms with van der Waals surface area (Å²) in [5.41, 5.74) is 0.517. The lowest BCUT2D eigenvalue weighted by atomic mass is 10.2. The molecule has 1 unspecified atom stereocenters. The highest BCUT2D eigenvalue weighted by Crippen LogP contribution is 1.97. The lowest BCUT2D eigenvalue weighted by molar-refractivity contribution is 0.0906. The van der Waals surface area contributed by atoms with E-state index >= 15 is 0 Å². The van der Waals surface area contributed by atoms with E-state index in [1.807, 2.05) is 0 Å². The first-order valence-electron chi connectivity index (χ1n) is 4.53. The number of alkyl halides is 1. The molecule has 0 saturated heterocycles. The minimum atomic E-state index is -0.189. The summed E-state index contributed by atoms with van der Waals surface area (Å²) in [6.45, 7) is 0.398. The van der Waals surface area contributed by atoms with Crippen LogP contribution in [0.5, 0.6) is 0 Å². The molecule has 1 amide bonds. The number of methoxy groups -OCH3 is 1. The molecule has 0 radical (unpaired) electrons. The van der Waals surface area contributed by atoms with Gasteiger partial charge in [0.25, 0.3) is 5.91 Å². The maximum Gasteiger partial charge on any atom is 0.253 e. The normalized spacial score (nSPS) is 12.1. The van der Waals surface area contributed by atoms with Crippen LogP contribution in [0.15, 0.2) is 24.5 Å². The number of hydrogen-bond donors (Lipinski definition) is 1. The van der Waals surface area contributed by atoms with Crippen LogP contribution < -0.4 is 5.32 Å². The van der Waals surface area contributed by atoms with Crippen molar-refractivity contribution in [2.24, 2.45) is 0 Å². The molecule has 1 rings (SSSR count). The molecule has 1 heterocycles. The molecule has 0 fully saturated rings. The van der Waals surface area contributed by atoms with Crippen molar-refractivity contribution in [1.82, 2.24) is 10.3 Å². The van der Waals surface area contributed by atoms with Gasteiger partial charge in [-0.2, -0.15) is 0 Å². The molecular formula is C10H13ClN2O2. The smallest absolute Gasteiger partial charge is 0.253 e. The van der Waals surface area contributed by atoms with E-state index in [2.05, 4.69) is 10.3 Å². The van der Waals surface area contributed by atoms with E-state index in [0.717, 1.165) is 0 Å². The van der Waals surface area contributed by atoms with Crippen molar-refractivity contribution in [1.29, 1.82) is 0 Å². The van der Waals surface area contributed by atoms with Crippen molar-refractivity contribution in [3.8, 4) is 0 Å². The first-order chi connectivity index (χ1) is 7.27. The summed E-state index contributed by atoms with van der Waals surface area (Å²) >= 11 is 5.67. The van der Waals surface area contributed by atoms with Crippen LogP contribution in [0.2, 0.25) is 0 Å². The molecule has 0 spiro atoms. The van der Waals surface area contributed by atoms with E-state index in [-0.39, 0.29) is 11.9 Å². The Hall–Kier alpha value is -1.13. The van der Waals surface area contributed by atoms with Crippen LogP contribution in [0.1, 0.15) is 10.4 Å². The van der Waals surface area contributed by atoms with Crippen LogP contribution in [0.4, 0.5) is 0 Å². The summed E-state index contributed by atoms with van der Waals surface area (Å²) in [7, 11) is 1.57. The van der Waals surface area contributed by atoms with Gasteiger partial charge in [-0.25, -0.2) is 0 Å². The Morgan fingerprint density at radius 2 is 2.53 bits per heavy atom. The van der Waals surface area contributed by atoms with Gasteiger partial charge < -0.3 is 10.1 Å². The first kappa shape index (κ1) is 11.9. The fraction of sp³-hybridized carbons (Fsp3) is 0.400. The number of rotatable bonds is 5. The van der Waals surface area contributed by atoms with E-state index in [9.17, 15) is 4.79 Å². The van der Waals surface area contributed by atoms with Gasteiger partial charge in [0.05, 0.1) is 18.2 Å².